The van der Waals surface area contributed by atoms with Crippen LogP contribution in [0.4, 0.5) is 0 Å². The Morgan fingerprint density at radius 2 is 2.27 bits per heavy atom. The van der Waals surface area contributed by atoms with Crippen molar-refractivity contribution >= 4 is 24.5 Å². The summed E-state index contributed by atoms with van der Waals surface area (Å²) in [5, 5.41) is 31.4. The second-order valence-electron chi connectivity index (χ2n) is 3.01. The number of aryl methyl sites for hydroxylation is 1. The number of carbonyl (C=O) groups excluding carboxylic acids is 1. The zero-order valence-corrected chi connectivity index (χ0v) is 8.35. The van der Waals surface area contributed by atoms with E-state index >= 15 is 0 Å². The van der Waals surface area contributed by atoms with Crippen LogP contribution in [-0.4, -0.2) is 38.7 Å². The Morgan fingerprint density at radius 1 is 1.67 bits per heavy atom. The molecule has 80 valence electrons. The van der Waals surface area contributed by atoms with Gasteiger partial charge >= 0.3 is 7.12 Å². The predicted octanol–water partition coefficient (Wildman–Crippen LogP) is -2.44. The van der Waals surface area contributed by atoms with Crippen LogP contribution < -0.4 is 10.9 Å². The number of amidine groups is 1. The maximum atomic E-state index is 10.7. The molecule has 0 saturated heterocycles. The Hall–Kier alpha value is -1.67. The summed E-state index contributed by atoms with van der Waals surface area (Å²) in [6.07, 6.45) is 0. The molecule has 1 rings (SSSR count). The normalized spacial score (nSPS) is 9.87. The van der Waals surface area contributed by atoms with Crippen molar-refractivity contribution in [2.24, 2.45) is 7.05 Å². The monoisotopic (exact) mass is 210 g/mol. The van der Waals surface area contributed by atoms with Crippen LogP contribution in [0.5, 0.6) is 0 Å². The number of hydrogen-bond acceptors (Lipinski definition) is 5. The molecule has 0 fully saturated rings. The van der Waals surface area contributed by atoms with E-state index < -0.39 is 7.12 Å². The molecule has 0 bridgehead atoms. The fourth-order valence-electron chi connectivity index (χ4n) is 1.09. The van der Waals surface area contributed by atoms with Gasteiger partial charge in [0.2, 0.25) is 5.91 Å². The first-order valence-corrected chi connectivity index (χ1v) is 4.18. The van der Waals surface area contributed by atoms with Gasteiger partial charge in [-0.2, -0.15) is 5.10 Å². The standard InChI is InChI=1S/C7H11BN4O3/c1-4(13)10-7(9)5-3-6(8(14)15)12(2)11-5/h3,14-15H,1-2H3,(H2,9,10,13). The molecule has 0 aromatic carbocycles. The molecular weight excluding hydrogens is 199 g/mol. The number of hydrogen-bond donors (Lipinski definition) is 4. The second kappa shape index (κ2) is 4.24. The fraction of sp³-hybridized carbons (Fsp3) is 0.286. The van der Waals surface area contributed by atoms with Gasteiger partial charge in [-0.3, -0.25) is 14.9 Å². The molecule has 1 aromatic rings. The smallest absolute Gasteiger partial charge is 0.422 e. The number of aromatic nitrogens is 2. The summed E-state index contributed by atoms with van der Waals surface area (Å²) in [5.74, 6) is -0.554. The number of amides is 1. The average Bonchev–Trinajstić information content (AvgIpc) is 2.46. The van der Waals surface area contributed by atoms with Crippen molar-refractivity contribution in [3.05, 3.63) is 11.8 Å². The van der Waals surface area contributed by atoms with E-state index in [4.69, 9.17) is 15.5 Å². The van der Waals surface area contributed by atoms with E-state index in [1.165, 1.54) is 24.7 Å². The topological polar surface area (TPSA) is 111 Å². The highest BCUT2D eigenvalue weighted by molar-refractivity contribution is 6.57. The van der Waals surface area contributed by atoms with E-state index in [-0.39, 0.29) is 23.0 Å². The zero-order chi connectivity index (χ0) is 11.6. The van der Waals surface area contributed by atoms with Crippen molar-refractivity contribution in [3.8, 4) is 0 Å². The van der Waals surface area contributed by atoms with Gasteiger partial charge in [-0.1, -0.05) is 0 Å². The van der Waals surface area contributed by atoms with Crippen LogP contribution in [0.25, 0.3) is 0 Å². The van der Waals surface area contributed by atoms with Gasteiger partial charge in [0.25, 0.3) is 0 Å². The maximum absolute atomic E-state index is 10.7. The molecule has 0 aliphatic rings. The lowest BCUT2D eigenvalue weighted by Crippen LogP contribution is -2.35. The quantitative estimate of drug-likeness (QED) is 0.247. The Labute approximate surface area is 86.4 Å². The maximum Gasteiger partial charge on any atom is 0.507 e. The highest BCUT2D eigenvalue weighted by Gasteiger charge is 2.19. The molecule has 1 heterocycles. The second-order valence-corrected chi connectivity index (χ2v) is 3.01. The zero-order valence-electron chi connectivity index (χ0n) is 8.35. The molecule has 8 heteroatoms. The first-order chi connectivity index (χ1) is 6.91. The van der Waals surface area contributed by atoms with Crippen molar-refractivity contribution < 1.29 is 14.8 Å². The lowest BCUT2D eigenvalue weighted by Gasteiger charge is -1.98. The van der Waals surface area contributed by atoms with Gasteiger partial charge in [-0.25, -0.2) is 0 Å². The Morgan fingerprint density at radius 3 is 2.67 bits per heavy atom. The molecule has 7 nitrogen and oxygen atoms in total. The third kappa shape index (κ3) is 2.64. The van der Waals surface area contributed by atoms with Gasteiger partial charge in [0.1, 0.15) is 5.69 Å². The van der Waals surface area contributed by atoms with E-state index in [1.807, 2.05) is 0 Å². The molecule has 0 unspecified atom stereocenters. The summed E-state index contributed by atoms with van der Waals surface area (Å²) >= 11 is 0. The van der Waals surface area contributed by atoms with Crippen LogP contribution in [0.3, 0.4) is 0 Å². The lowest BCUT2D eigenvalue weighted by molar-refractivity contribution is -0.117. The number of nitrogens with zero attached hydrogens (tertiary/aromatic N) is 2. The summed E-state index contributed by atoms with van der Waals surface area (Å²) in [7, 11) is -0.138. The highest BCUT2D eigenvalue weighted by atomic mass is 16.4. The Kier molecular flexibility index (Phi) is 3.22. The molecule has 0 saturated carbocycles. The molecule has 1 aromatic heterocycles. The molecule has 15 heavy (non-hydrogen) atoms. The molecule has 0 spiro atoms. The Balaban J connectivity index is 2.92. The van der Waals surface area contributed by atoms with Crippen molar-refractivity contribution in [2.45, 2.75) is 6.92 Å². The number of rotatable bonds is 2. The summed E-state index contributed by atoms with van der Waals surface area (Å²) < 4.78 is 1.23. The largest absolute Gasteiger partial charge is 0.507 e. The van der Waals surface area contributed by atoms with Crippen molar-refractivity contribution in [3.63, 3.8) is 0 Å². The molecule has 0 aliphatic carbocycles. The highest BCUT2D eigenvalue weighted by Crippen LogP contribution is 1.92. The van der Waals surface area contributed by atoms with Crippen molar-refractivity contribution in [2.75, 3.05) is 0 Å². The molecule has 0 radical (unpaired) electrons. The van der Waals surface area contributed by atoms with Crippen LogP contribution >= 0.6 is 0 Å². The van der Waals surface area contributed by atoms with Gasteiger partial charge in [0, 0.05) is 14.0 Å². The minimum Gasteiger partial charge on any atom is -0.422 e. The van der Waals surface area contributed by atoms with Crippen LogP contribution in [0.2, 0.25) is 0 Å². The van der Waals surface area contributed by atoms with E-state index in [0.717, 1.165) is 0 Å². The van der Waals surface area contributed by atoms with Crippen molar-refractivity contribution in [1.29, 1.82) is 5.41 Å². The average molecular weight is 210 g/mol. The van der Waals surface area contributed by atoms with Crippen molar-refractivity contribution in [1.82, 2.24) is 15.1 Å². The Bertz CT molecular complexity index is 401. The first-order valence-electron chi connectivity index (χ1n) is 4.18. The van der Waals surface area contributed by atoms with Gasteiger partial charge in [-0.15, -0.1) is 0 Å². The van der Waals surface area contributed by atoms with Crippen LogP contribution in [-0.2, 0) is 11.8 Å². The van der Waals surface area contributed by atoms with Gasteiger partial charge in [0.05, 0.1) is 5.59 Å². The summed E-state index contributed by atoms with van der Waals surface area (Å²) in [5.41, 5.74) is 0.330. The summed E-state index contributed by atoms with van der Waals surface area (Å²) in [4.78, 5) is 10.7. The van der Waals surface area contributed by atoms with E-state index in [9.17, 15) is 4.79 Å². The van der Waals surface area contributed by atoms with Gasteiger partial charge < -0.3 is 15.4 Å². The van der Waals surface area contributed by atoms with Crippen LogP contribution in [0.1, 0.15) is 12.6 Å². The molecule has 0 aliphatic heterocycles. The number of carbonyl (C=O) groups is 1. The van der Waals surface area contributed by atoms with Gasteiger partial charge in [-0.05, 0) is 6.07 Å². The van der Waals surface area contributed by atoms with E-state index in [1.54, 1.807) is 0 Å². The fourth-order valence-corrected chi connectivity index (χ4v) is 1.09. The molecule has 4 N–H and O–H groups in total. The predicted molar refractivity (Wildman–Crippen MR) is 53.7 cm³/mol. The summed E-state index contributed by atoms with van der Waals surface area (Å²) in [6.45, 7) is 1.28. The molecule has 0 atom stereocenters. The third-order valence-corrected chi connectivity index (χ3v) is 1.74. The molecular formula is C7H11BN4O3. The minimum atomic E-state index is -1.65. The summed E-state index contributed by atoms with van der Waals surface area (Å²) in [6, 6.07) is 1.32. The lowest BCUT2D eigenvalue weighted by atomic mass is 9.86. The van der Waals surface area contributed by atoms with Gasteiger partial charge in [0.15, 0.2) is 5.84 Å². The van der Waals surface area contributed by atoms with E-state index in [2.05, 4.69) is 10.4 Å². The van der Waals surface area contributed by atoms with E-state index in [0.29, 0.717) is 0 Å². The number of nitrogens with one attached hydrogen (secondary N) is 2. The first kappa shape index (κ1) is 11.4. The van der Waals surface area contributed by atoms with Crippen LogP contribution in [0.15, 0.2) is 6.07 Å². The minimum absolute atomic E-state index is 0.153. The third-order valence-electron chi connectivity index (χ3n) is 1.74. The molecule has 1 amide bonds. The SMILES string of the molecule is CC(=O)NC(=N)c1cc(B(O)O)n(C)n1. The van der Waals surface area contributed by atoms with Crippen LogP contribution in [0, 0.1) is 5.41 Å².